The Balaban J connectivity index is 1.85. The molecular formula is C18H26N2O2. The van der Waals surface area contributed by atoms with Gasteiger partial charge in [0.25, 0.3) is 5.91 Å². The fraction of sp³-hybridized carbons (Fsp3) is 0.556. The first-order valence-electron chi connectivity index (χ1n) is 8.25. The minimum atomic E-state index is -0.0879. The highest BCUT2D eigenvalue weighted by molar-refractivity contribution is 5.95. The summed E-state index contributed by atoms with van der Waals surface area (Å²) < 4.78 is 0. The number of rotatable bonds is 5. The highest BCUT2D eigenvalue weighted by Crippen LogP contribution is 2.26. The van der Waals surface area contributed by atoms with Crippen molar-refractivity contribution in [1.82, 2.24) is 5.32 Å². The Morgan fingerprint density at radius 1 is 1.09 bits per heavy atom. The molecule has 22 heavy (non-hydrogen) atoms. The molecule has 2 rings (SSSR count). The molecule has 4 heteroatoms. The Kier molecular flexibility index (Phi) is 5.99. The maximum Gasteiger partial charge on any atom is 0.251 e. The van der Waals surface area contributed by atoms with Crippen LogP contribution >= 0.6 is 0 Å². The number of nitrogens with one attached hydrogen (secondary N) is 2. The van der Waals surface area contributed by atoms with Crippen LogP contribution in [0, 0.1) is 5.92 Å². The summed E-state index contributed by atoms with van der Waals surface area (Å²) in [7, 11) is 0. The van der Waals surface area contributed by atoms with Crippen molar-refractivity contribution in [2.45, 2.75) is 58.4 Å². The van der Waals surface area contributed by atoms with E-state index in [-0.39, 0.29) is 17.9 Å². The fourth-order valence-corrected chi connectivity index (χ4v) is 2.92. The molecule has 1 fully saturated rings. The van der Waals surface area contributed by atoms with Crippen molar-refractivity contribution in [3.8, 4) is 0 Å². The van der Waals surface area contributed by atoms with Crippen LogP contribution < -0.4 is 10.6 Å². The van der Waals surface area contributed by atoms with Gasteiger partial charge in [-0.1, -0.05) is 19.3 Å². The summed E-state index contributed by atoms with van der Waals surface area (Å²) in [6.45, 7) is 3.86. The van der Waals surface area contributed by atoms with E-state index in [2.05, 4.69) is 10.6 Å². The normalized spacial score (nSPS) is 15.6. The zero-order valence-corrected chi connectivity index (χ0v) is 13.5. The van der Waals surface area contributed by atoms with Crippen molar-refractivity contribution in [3.05, 3.63) is 29.8 Å². The van der Waals surface area contributed by atoms with Gasteiger partial charge in [-0.15, -0.1) is 0 Å². The number of amides is 2. The lowest BCUT2D eigenvalue weighted by atomic mass is 9.87. The second-order valence-electron chi connectivity index (χ2n) is 6.46. The topological polar surface area (TPSA) is 58.2 Å². The Hall–Kier alpha value is -1.84. The number of carbonyl (C=O) groups is 2. The van der Waals surface area contributed by atoms with Crippen molar-refractivity contribution < 1.29 is 9.59 Å². The molecule has 0 unspecified atom stereocenters. The molecule has 0 radical (unpaired) electrons. The number of carbonyl (C=O) groups excluding carboxylic acids is 2. The Labute approximate surface area is 132 Å². The maximum absolute atomic E-state index is 12.1. The van der Waals surface area contributed by atoms with Crippen LogP contribution in [0.4, 0.5) is 5.69 Å². The smallest absolute Gasteiger partial charge is 0.251 e. The van der Waals surface area contributed by atoms with Gasteiger partial charge in [-0.2, -0.15) is 0 Å². The van der Waals surface area contributed by atoms with Gasteiger partial charge in [-0.05, 0) is 56.9 Å². The minimum Gasteiger partial charge on any atom is -0.350 e. The van der Waals surface area contributed by atoms with E-state index in [0.717, 1.165) is 5.69 Å². The number of anilines is 1. The molecule has 0 heterocycles. The van der Waals surface area contributed by atoms with E-state index in [0.29, 0.717) is 17.9 Å². The monoisotopic (exact) mass is 302 g/mol. The molecule has 1 saturated carbocycles. The van der Waals surface area contributed by atoms with E-state index < -0.39 is 0 Å². The third kappa shape index (κ3) is 5.17. The quantitative estimate of drug-likeness (QED) is 0.870. The number of benzene rings is 1. The predicted octanol–water partition coefficient (Wildman–Crippen LogP) is 3.73. The molecule has 2 N–H and O–H groups in total. The standard InChI is InChI=1S/C18H26N2O2/c1-13(2)19-18(22)15-8-10-16(11-9-15)20-17(21)12-14-6-4-3-5-7-14/h8-11,13-14H,3-7,12H2,1-2H3,(H,19,22)(H,20,21). The fourth-order valence-electron chi connectivity index (χ4n) is 2.92. The first-order chi connectivity index (χ1) is 10.5. The van der Waals surface area contributed by atoms with Gasteiger partial charge in [-0.25, -0.2) is 0 Å². The summed E-state index contributed by atoms with van der Waals surface area (Å²) in [5.74, 6) is 0.520. The second kappa shape index (κ2) is 7.97. The molecule has 0 bridgehead atoms. The summed E-state index contributed by atoms with van der Waals surface area (Å²) in [5.41, 5.74) is 1.36. The van der Waals surface area contributed by atoms with Crippen molar-refractivity contribution in [3.63, 3.8) is 0 Å². The zero-order valence-electron chi connectivity index (χ0n) is 13.5. The minimum absolute atomic E-state index is 0.0753. The molecule has 0 atom stereocenters. The summed E-state index contributed by atoms with van der Waals surface area (Å²) >= 11 is 0. The Morgan fingerprint density at radius 2 is 1.73 bits per heavy atom. The molecular weight excluding hydrogens is 276 g/mol. The van der Waals surface area contributed by atoms with Crippen molar-refractivity contribution in [2.75, 3.05) is 5.32 Å². The van der Waals surface area contributed by atoms with E-state index >= 15 is 0 Å². The molecule has 120 valence electrons. The lowest BCUT2D eigenvalue weighted by Gasteiger charge is -2.20. The van der Waals surface area contributed by atoms with Gasteiger partial charge in [0, 0.05) is 23.7 Å². The van der Waals surface area contributed by atoms with Gasteiger partial charge in [0.1, 0.15) is 0 Å². The number of hydrogen-bond acceptors (Lipinski definition) is 2. The highest BCUT2D eigenvalue weighted by atomic mass is 16.2. The SMILES string of the molecule is CC(C)NC(=O)c1ccc(NC(=O)CC2CCCCC2)cc1. The lowest BCUT2D eigenvalue weighted by molar-refractivity contribution is -0.117. The molecule has 1 aliphatic carbocycles. The molecule has 0 aliphatic heterocycles. The molecule has 4 nitrogen and oxygen atoms in total. The van der Waals surface area contributed by atoms with Crippen LogP contribution in [0.5, 0.6) is 0 Å². The van der Waals surface area contributed by atoms with E-state index in [4.69, 9.17) is 0 Å². The third-order valence-corrected chi connectivity index (χ3v) is 4.05. The largest absolute Gasteiger partial charge is 0.350 e. The van der Waals surface area contributed by atoms with Crippen molar-refractivity contribution >= 4 is 17.5 Å². The molecule has 0 spiro atoms. The van der Waals surface area contributed by atoms with E-state index in [1.807, 2.05) is 13.8 Å². The van der Waals surface area contributed by atoms with E-state index in [1.165, 1.54) is 32.1 Å². The molecule has 1 aliphatic rings. The zero-order chi connectivity index (χ0) is 15.9. The predicted molar refractivity (Wildman–Crippen MR) is 88.9 cm³/mol. The van der Waals surface area contributed by atoms with Crippen LogP contribution in [0.1, 0.15) is 62.7 Å². The first-order valence-corrected chi connectivity index (χ1v) is 8.25. The van der Waals surface area contributed by atoms with Crippen LogP contribution in [-0.4, -0.2) is 17.9 Å². The van der Waals surface area contributed by atoms with Gasteiger partial charge >= 0.3 is 0 Å². The van der Waals surface area contributed by atoms with Gasteiger partial charge in [0.2, 0.25) is 5.91 Å². The van der Waals surface area contributed by atoms with Gasteiger partial charge in [0.05, 0.1) is 0 Å². The Bertz CT molecular complexity index is 502. The average Bonchev–Trinajstić information content (AvgIpc) is 2.48. The summed E-state index contributed by atoms with van der Waals surface area (Å²) in [6.07, 6.45) is 6.74. The van der Waals surface area contributed by atoms with Crippen molar-refractivity contribution in [1.29, 1.82) is 0 Å². The van der Waals surface area contributed by atoms with E-state index in [9.17, 15) is 9.59 Å². The second-order valence-corrected chi connectivity index (χ2v) is 6.46. The van der Waals surface area contributed by atoms with E-state index in [1.54, 1.807) is 24.3 Å². The van der Waals surface area contributed by atoms with Crippen LogP contribution in [0.15, 0.2) is 24.3 Å². The van der Waals surface area contributed by atoms with Crippen LogP contribution in [0.25, 0.3) is 0 Å². The summed E-state index contributed by atoms with van der Waals surface area (Å²) in [4.78, 5) is 23.9. The van der Waals surface area contributed by atoms with Crippen LogP contribution in [-0.2, 0) is 4.79 Å². The van der Waals surface area contributed by atoms with Crippen LogP contribution in [0.2, 0.25) is 0 Å². The highest BCUT2D eigenvalue weighted by Gasteiger charge is 2.17. The maximum atomic E-state index is 12.1. The number of hydrogen-bond donors (Lipinski definition) is 2. The molecule has 0 aromatic heterocycles. The average molecular weight is 302 g/mol. The molecule has 0 saturated heterocycles. The summed E-state index contributed by atoms with van der Waals surface area (Å²) in [6, 6.07) is 7.17. The van der Waals surface area contributed by atoms with Gasteiger partial charge in [-0.3, -0.25) is 9.59 Å². The molecule has 1 aromatic carbocycles. The van der Waals surface area contributed by atoms with Gasteiger partial charge < -0.3 is 10.6 Å². The lowest BCUT2D eigenvalue weighted by Crippen LogP contribution is -2.30. The van der Waals surface area contributed by atoms with Crippen molar-refractivity contribution in [2.24, 2.45) is 5.92 Å². The summed E-state index contributed by atoms with van der Waals surface area (Å²) in [5, 5.41) is 5.77. The Morgan fingerprint density at radius 3 is 2.32 bits per heavy atom. The molecule has 1 aromatic rings. The third-order valence-electron chi connectivity index (χ3n) is 4.05. The first kappa shape index (κ1) is 16.5. The van der Waals surface area contributed by atoms with Gasteiger partial charge in [0.15, 0.2) is 0 Å². The molecule has 2 amide bonds. The van der Waals surface area contributed by atoms with Crippen LogP contribution in [0.3, 0.4) is 0 Å².